The quantitative estimate of drug-likeness (QED) is 0.843. The number of benzene rings is 1. The number of imidazole rings is 1. The first-order chi connectivity index (χ1) is 9.41. The predicted molar refractivity (Wildman–Crippen MR) is 80.6 cm³/mol. The van der Waals surface area contributed by atoms with Crippen LogP contribution in [0.4, 0.5) is 11.4 Å². The molecule has 1 amide bonds. The van der Waals surface area contributed by atoms with Crippen LogP contribution >= 0.6 is 0 Å². The van der Waals surface area contributed by atoms with Gasteiger partial charge in [0.25, 0.3) is 0 Å². The van der Waals surface area contributed by atoms with Crippen LogP contribution in [-0.2, 0) is 4.79 Å². The molecule has 0 saturated heterocycles. The summed E-state index contributed by atoms with van der Waals surface area (Å²) in [6, 6.07) is 5.17. The maximum absolute atomic E-state index is 12.3. The van der Waals surface area contributed by atoms with Gasteiger partial charge in [0.2, 0.25) is 5.91 Å². The average molecular weight is 272 g/mol. The van der Waals surface area contributed by atoms with Crippen molar-refractivity contribution in [3.8, 4) is 0 Å². The van der Waals surface area contributed by atoms with Gasteiger partial charge in [-0.1, -0.05) is 6.07 Å². The van der Waals surface area contributed by atoms with Crippen molar-refractivity contribution in [3.63, 3.8) is 0 Å². The van der Waals surface area contributed by atoms with Gasteiger partial charge in [-0.05, 0) is 45.4 Å². The second kappa shape index (κ2) is 5.36. The van der Waals surface area contributed by atoms with E-state index < -0.39 is 0 Å². The van der Waals surface area contributed by atoms with Crippen LogP contribution in [0.5, 0.6) is 0 Å². The second-order valence-corrected chi connectivity index (χ2v) is 5.01. The van der Waals surface area contributed by atoms with Gasteiger partial charge < -0.3 is 15.6 Å². The number of amides is 1. The minimum atomic E-state index is -0.322. The summed E-state index contributed by atoms with van der Waals surface area (Å²) in [5.41, 5.74) is 10.1. The van der Waals surface area contributed by atoms with Gasteiger partial charge in [0.05, 0.1) is 12.0 Å². The number of carbonyl (C=O) groups excluding carboxylic acids is 1. The summed E-state index contributed by atoms with van der Waals surface area (Å²) in [6.07, 6.45) is 1.70. The number of hydrogen-bond donors (Lipinski definition) is 2. The van der Waals surface area contributed by atoms with E-state index in [1.807, 2.05) is 50.5 Å². The molecule has 20 heavy (non-hydrogen) atoms. The van der Waals surface area contributed by atoms with E-state index in [0.29, 0.717) is 5.69 Å². The fourth-order valence-electron chi connectivity index (χ4n) is 2.06. The van der Waals surface area contributed by atoms with Crippen molar-refractivity contribution in [3.05, 3.63) is 41.5 Å². The number of nitrogens with zero attached hydrogens (tertiary/aromatic N) is 2. The Morgan fingerprint density at radius 1 is 1.35 bits per heavy atom. The number of aromatic nitrogens is 2. The molecule has 0 aliphatic heterocycles. The van der Waals surface area contributed by atoms with E-state index in [1.54, 1.807) is 6.33 Å². The van der Waals surface area contributed by atoms with Crippen LogP contribution in [0, 0.1) is 20.8 Å². The SMILES string of the molecule is Cc1ncn(C(C)C(=O)Nc2cccc(N)c2C)c1C. The molecule has 0 aliphatic carbocycles. The number of anilines is 2. The van der Waals surface area contributed by atoms with E-state index in [4.69, 9.17) is 5.73 Å². The topological polar surface area (TPSA) is 72.9 Å². The summed E-state index contributed by atoms with van der Waals surface area (Å²) in [4.78, 5) is 16.6. The van der Waals surface area contributed by atoms with Gasteiger partial charge in [-0.3, -0.25) is 4.79 Å². The number of hydrogen-bond acceptors (Lipinski definition) is 3. The number of nitrogens with one attached hydrogen (secondary N) is 1. The Morgan fingerprint density at radius 2 is 2.05 bits per heavy atom. The molecule has 2 rings (SSSR count). The predicted octanol–water partition coefficient (Wildman–Crippen LogP) is 2.59. The van der Waals surface area contributed by atoms with Crippen LogP contribution in [-0.4, -0.2) is 15.5 Å². The molecule has 0 spiro atoms. The van der Waals surface area contributed by atoms with Crippen LogP contribution in [0.25, 0.3) is 0 Å². The molecular formula is C15H20N4O. The van der Waals surface area contributed by atoms with Crippen LogP contribution < -0.4 is 11.1 Å². The van der Waals surface area contributed by atoms with E-state index in [2.05, 4.69) is 10.3 Å². The first-order valence-corrected chi connectivity index (χ1v) is 6.57. The number of nitrogen functional groups attached to an aromatic ring is 1. The largest absolute Gasteiger partial charge is 0.398 e. The van der Waals surface area contributed by atoms with E-state index in [0.717, 1.165) is 22.6 Å². The minimum absolute atomic E-state index is 0.0841. The summed E-state index contributed by atoms with van der Waals surface area (Å²) in [5.74, 6) is -0.0841. The Bertz CT molecular complexity index is 645. The van der Waals surface area contributed by atoms with Crippen LogP contribution in [0.15, 0.2) is 24.5 Å². The van der Waals surface area contributed by atoms with Crippen molar-refractivity contribution >= 4 is 17.3 Å². The molecular weight excluding hydrogens is 252 g/mol. The van der Waals surface area contributed by atoms with Crippen molar-refractivity contribution in [2.75, 3.05) is 11.1 Å². The lowest BCUT2D eigenvalue weighted by molar-refractivity contribution is -0.118. The first-order valence-electron chi connectivity index (χ1n) is 6.57. The summed E-state index contributed by atoms with van der Waals surface area (Å²) in [7, 11) is 0. The van der Waals surface area contributed by atoms with Crippen molar-refractivity contribution in [1.29, 1.82) is 0 Å². The van der Waals surface area contributed by atoms with Crippen LogP contribution in [0.3, 0.4) is 0 Å². The smallest absolute Gasteiger partial charge is 0.247 e. The second-order valence-electron chi connectivity index (χ2n) is 5.01. The van der Waals surface area contributed by atoms with Crippen molar-refractivity contribution in [1.82, 2.24) is 9.55 Å². The standard InChI is InChI=1S/C15H20N4O/c1-9-13(16)6-5-7-14(9)18-15(20)12(4)19-8-17-10(2)11(19)3/h5-8,12H,16H2,1-4H3,(H,18,20). The lowest BCUT2D eigenvalue weighted by Crippen LogP contribution is -2.24. The Balaban J connectivity index is 2.20. The van der Waals surface area contributed by atoms with Gasteiger partial charge in [0.15, 0.2) is 0 Å². The third kappa shape index (κ3) is 2.52. The molecule has 0 bridgehead atoms. The highest BCUT2D eigenvalue weighted by atomic mass is 16.2. The monoisotopic (exact) mass is 272 g/mol. The van der Waals surface area contributed by atoms with Gasteiger partial charge in [0, 0.05) is 17.1 Å². The molecule has 106 valence electrons. The zero-order chi connectivity index (χ0) is 14.9. The lowest BCUT2D eigenvalue weighted by Gasteiger charge is -2.17. The molecule has 5 nitrogen and oxygen atoms in total. The molecule has 1 heterocycles. The molecule has 1 aromatic carbocycles. The van der Waals surface area contributed by atoms with E-state index in [-0.39, 0.29) is 11.9 Å². The minimum Gasteiger partial charge on any atom is -0.398 e. The van der Waals surface area contributed by atoms with Gasteiger partial charge >= 0.3 is 0 Å². The van der Waals surface area contributed by atoms with Gasteiger partial charge in [-0.25, -0.2) is 4.98 Å². The highest BCUT2D eigenvalue weighted by Gasteiger charge is 2.18. The third-order valence-corrected chi connectivity index (χ3v) is 3.72. The number of aryl methyl sites for hydroxylation is 1. The van der Waals surface area contributed by atoms with E-state index in [9.17, 15) is 4.79 Å². The van der Waals surface area contributed by atoms with Crippen LogP contribution in [0.2, 0.25) is 0 Å². The van der Waals surface area contributed by atoms with E-state index in [1.165, 1.54) is 0 Å². The molecule has 1 aromatic heterocycles. The Kier molecular flexibility index (Phi) is 3.79. The fourth-order valence-corrected chi connectivity index (χ4v) is 2.06. The molecule has 0 fully saturated rings. The first kappa shape index (κ1) is 14.1. The van der Waals surface area contributed by atoms with Crippen molar-refractivity contribution in [2.45, 2.75) is 33.7 Å². The van der Waals surface area contributed by atoms with Crippen molar-refractivity contribution in [2.24, 2.45) is 0 Å². The molecule has 0 radical (unpaired) electrons. The number of nitrogens with two attached hydrogens (primary N) is 1. The van der Waals surface area contributed by atoms with Crippen LogP contribution in [0.1, 0.15) is 29.9 Å². The summed E-state index contributed by atoms with van der Waals surface area (Å²) >= 11 is 0. The van der Waals surface area contributed by atoms with Crippen molar-refractivity contribution < 1.29 is 4.79 Å². The Labute approximate surface area is 118 Å². The zero-order valence-corrected chi connectivity index (χ0v) is 12.3. The summed E-state index contributed by atoms with van der Waals surface area (Å²) in [6.45, 7) is 7.63. The van der Waals surface area contributed by atoms with Gasteiger partial charge in [0.1, 0.15) is 6.04 Å². The highest BCUT2D eigenvalue weighted by molar-refractivity contribution is 5.94. The highest BCUT2D eigenvalue weighted by Crippen LogP contribution is 2.22. The van der Waals surface area contributed by atoms with Gasteiger partial charge in [-0.2, -0.15) is 0 Å². The fraction of sp³-hybridized carbons (Fsp3) is 0.333. The molecule has 1 unspecified atom stereocenters. The summed E-state index contributed by atoms with van der Waals surface area (Å²) in [5, 5.41) is 2.92. The maximum atomic E-state index is 12.3. The normalized spacial score (nSPS) is 12.2. The average Bonchev–Trinajstić information content (AvgIpc) is 2.74. The molecule has 1 atom stereocenters. The molecule has 0 saturated carbocycles. The Morgan fingerprint density at radius 3 is 2.65 bits per heavy atom. The van der Waals surface area contributed by atoms with Gasteiger partial charge in [-0.15, -0.1) is 0 Å². The zero-order valence-electron chi connectivity index (χ0n) is 12.3. The maximum Gasteiger partial charge on any atom is 0.247 e. The van der Waals surface area contributed by atoms with E-state index >= 15 is 0 Å². The number of rotatable bonds is 3. The molecule has 2 aromatic rings. The Hall–Kier alpha value is -2.30. The molecule has 3 N–H and O–H groups in total. The lowest BCUT2D eigenvalue weighted by atomic mass is 10.1. The third-order valence-electron chi connectivity index (χ3n) is 3.72. The number of carbonyl (C=O) groups is 1. The molecule has 0 aliphatic rings. The molecule has 5 heteroatoms. The summed E-state index contributed by atoms with van der Waals surface area (Å²) < 4.78 is 1.87.